The quantitative estimate of drug-likeness (QED) is 0.905. The van der Waals surface area contributed by atoms with E-state index in [0.29, 0.717) is 19.7 Å². The minimum absolute atomic E-state index is 0.0841. The lowest BCUT2D eigenvalue weighted by molar-refractivity contribution is -0.107. The van der Waals surface area contributed by atoms with Crippen LogP contribution in [0.4, 0.5) is 0 Å². The van der Waals surface area contributed by atoms with Gasteiger partial charge >= 0.3 is 5.97 Å². The molecule has 2 fully saturated rings. The number of aromatic nitrogens is 1. The monoisotopic (exact) mass is 318 g/mol. The van der Waals surface area contributed by atoms with Crippen LogP contribution < -0.4 is 0 Å². The number of nitrogens with zero attached hydrogens (tertiary/aromatic N) is 2. The van der Waals surface area contributed by atoms with Gasteiger partial charge in [-0.05, 0) is 25.0 Å². The van der Waals surface area contributed by atoms with Crippen molar-refractivity contribution in [2.45, 2.75) is 44.1 Å². The summed E-state index contributed by atoms with van der Waals surface area (Å²) in [6, 6.07) is 2.74. The molecule has 3 rings (SSSR count). The number of hydrogen-bond acceptors (Lipinski definition) is 4. The minimum Gasteiger partial charge on any atom is -0.478 e. The van der Waals surface area contributed by atoms with E-state index in [0.717, 1.165) is 25.7 Å². The largest absolute Gasteiger partial charge is 0.478 e. The fourth-order valence-corrected chi connectivity index (χ4v) is 3.54. The zero-order valence-corrected chi connectivity index (χ0v) is 13.2. The molecule has 1 saturated carbocycles. The molecule has 1 aromatic heterocycles. The van der Waals surface area contributed by atoms with E-state index in [1.54, 1.807) is 4.90 Å². The molecular weight excluding hydrogens is 296 g/mol. The van der Waals surface area contributed by atoms with Crippen molar-refractivity contribution in [3.8, 4) is 0 Å². The lowest BCUT2D eigenvalue weighted by atomic mass is 9.92. The van der Waals surface area contributed by atoms with E-state index in [2.05, 4.69) is 4.98 Å². The van der Waals surface area contributed by atoms with Crippen LogP contribution in [0.1, 0.15) is 59.4 Å². The summed E-state index contributed by atoms with van der Waals surface area (Å²) in [6.07, 6.45) is 8.06. The van der Waals surface area contributed by atoms with E-state index in [4.69, 9.17) is 9.84 Å². The molecule has 1 aliphatic carbocycles. The molecule has 2 heterocycles. The highest BCUT2D eigenvalue weighted by Gasteiger charge is 2.38. The van der Waals surface area contributed by atoms with Gasteiger partial charge in [0, 0.05) is 12.7 Å². The Morgan fingerprint density at radius 2 is 1.96 bits per heavy atom. The van der Waals surface area contributed by atoms with Gasteiger partial charge in [0.25, 0.3) is 5.91 Å². The fourth-order valence-electron chi connectivity index (χ4n) is 3.54. The molecule has 1 spiro atoms. The molecule has 1 amide bonds. The molecule has 1 saturated heterocycles. The molecule has 6 nitrogen and oxygen atoms in total. The summed E-state index contributed by atoms with van der Waals surface area (Å²) in [5.41, 5.74) is 0.0470. The average molecular weight is 318 g/mol. The Morgan fingerprint density at radius 3 is 2.65 bits per heavy atom. The lowest BCUT2D eigenvalue weighted by Crippen LogP contribution is -2.53. The van der Waals surface area contributed by atoms with E-state index in [1.165, 1.54) is 31.2 Å². The number of rotatable bonds is 2. The van der Waals surface area contributed by atoms with Crippen molar-refractivity contribution in [2.75, 3.05) is 19.7 Å². The van der Waals surface area contributed by atoms with Gasteiger partial charge < -0.3 is 14.7 Å². The van der Waals surface area contributed by atoms with Gasteiger partial charge in [0.15, 0.2) is 0 Å². The van der Waals surface area contributed by atoms with Gasteiger partial charge in [-0.25, -0.2) is 4.79 Å². The van der Waals surface area contributed by atoms with Crippen LogP contribution in [0.2, 0.25) is 0 Å². The summed E-state index contributed by atoms with van der Waals surface area (Å²) in [6.45, 7) is 1.63. The van der Waals surface area contributed by atoms with Gasteiger partial charge in [0.05, 0.1) is 24.3 Å². The second kappa shape index (κ2) is 6.66. The van der Waals surface area contributed by atoms with E-state index in [1.807, 2.05) is 0 Å². The third-order valence-electron chi connectivity index (χ3n) is 4.78. The molecule has 0 atom stereocenters. The first kappa shape index (κ1) is 15.9. The molecule has 0 aromatic carbocycles. The number of aromatic carboxylic acids is 1. The maximum Gasteiger partial charge on any atom is 0.335 e. The molecule has 0 unspecified atom stereocenters. The number of hydrogen-bond donors (Lipinski definition) is 1. The fraction of sp³-hybridized carbons (Fsp3) is 0.588. The van der Waals surface area contributed by atoms with Gasteiger partial charge in [0.2, 0.25) is 0 Å². The Balaban J connectivity index is 1.76. The van der Waals surface area contributed by atoms with Crippen molar-refractivity contribution in [1.82, 2.24) is 9.88 Å². The summed E-state index contributed by atoms with van der Waals surface area (Å²) in [5, 5.41) is 9.06. The zero-order chi connectivity index (χ0) is 16.3. The molecule has 1 aliphatic heterocycles. The van der Waals surface area contributed by atoms with Crippen LogP contribution in [-0.4, -0.2) is 52.2 Å². The first-order valence-electron chi connectivity index (χ1n) is 8.22. The molecular formula is C17H22N2O4. The smallest absolute Gasteiger partial charge is 0.335 e. The molecule has 1 N–H and O–H groups in total. The highest BCUT2D eigenvalue weighted by molar-refractivity contribution is 5.95. The van der Waals surface area contributed by atoms with Crippen LogP contribution in [0.15, 0.2) is 18.3 Å². The van der Waals surface area contributed by atoms with Crippen molar-refractivity contribution < 1.29 is 19.4 Å². The third kappa shape index (κ3) is 3.52. The van der Waals surface area contributed by atoms with E-state index < -0.39 is 5.97 Å². The summed E-state index contributed by atoms with van der Waals surface area (Å²) in [5.74, 6) is -1.26. The number of carbonyl (C=O) groups is 2. The highest BCUT2D eigenvalue weighted by Crippen LogP contribution is 2.33. The minimum atomic E-state index is -1.05. The number of pyridine rings is 1. The highest BCUT2D eigenvalue weighted by atomic mass is 16.5. The number of carbonyl (C=O) groups excluding carboxylic acids is 1. The second-order valence-electron chi connectivity index (χ2n) is 6.41. The summed E-state index contributed by atoms with van der Waals surface area (Å²) >= 11 is 0. The van der Waals surface area contributed by atoms with Gasteiger partial charge in [-0.3, -0.25) is 9.78 Å². The van der Waals surface area contributed by atoms with E-state index >= 15 is 0 Å². The number of morpholine rings is 1. The van der Waals surface area contributed by atoms with Crippen molar-refractivity contribution in [3.05, 3.63) is 29.6 Å². The van der Waals surface area contributed by atoms with Gasteiger partial charge in [-0.15, -0.1) is 0 Å². The van der Waals surface area contributed by atoms with E-state index in [-0.39, 0.29) is 22.8 Å². The predicted octanol–water partition coefficient (Wildman–Crippen LogP) is 2.35. The Hall–Kier alpha value is -1.95. The molecule has 6 heteroatoms. The molecule has 124 valence electrons. The van der Waals surface area contributed by atoms with Crippen molar-refractivity contribution in [3.63, 3.8) is 0 Å². The normalized spacial score (nSPS) is 21.0. The number of carboxylic acid groups (broad SMARTS) is 1. The Bertz CT molecular complexity index is 594. The van der Waals surface area contributed by atoms with Gasteiger partial charge in [0.1, 0.15) is 5.69 Å². The maximum absolute atomic E-state index is 12.7. The van der Waals surface area contributed by atoms with Crippen LogP contribution in [0.3, 0.4) is 0 Å². The average Bonchev–Trinajstić information content (AvgIpc) is 2.80. The lowest BCUT2D eigenvalue weighted by Gasteiger charge is -2.42. The van der Waals surface area contributed by atoms with Crippen LogP contribution in [0.25, 0.3) is 0 Å². The van der Waals surface area contributed by atoms with Crippen molar-refractivity contribution in [1.29, 1.82) is 0 Å². The van der Waals surface area contributed by atoms with Crippen LogP contribution in [0, 0.1) is 0 Å². The van der Waals surface area contributed by atoms with Crippen LogP contribution in [0.5, 0.6) is 0 Å². The summed E-state index contributed by atoms with van der Waals surface area (Å²) in [4.78, 5) is 29.6. The third-order valence-corrected chi connectivity index (χ3v) is 4.78. The first-order valence-corrected chi connectivity index (χ1v) is 8.22. The topological polar surface area (TPSA) is 79.7 Å². The SMILES string of the molecule is O=C(O)c1ccnc(C(=O)N2CCOC3(CCCCCC3)C2)c1. The van der Waals surface area contributed by atoms with Gasteiger partial charge in [-0.1, -0.05) is 25.7 Å². The second-order valence-corrected chi connectivity index (χ2v) is 6.41. The maximum atomic E-state index is 12.7. The number of carboxylic acids is 1. The van der Waals surface area contributed by atoms with Crippen molar-refractivity contribution in [2.24, 2.45) is 0 Å². The Morgan fingerprint density at radius 1 is 1.22 bits per heavy atom. The number of ether oxygens (including phenoxy) is 1. The van der Waals surface area contributed by atoms with Crippen molar-refractivity contribution >= 4 is 11.9 Å². The zero-order valence-electron chi connectivity index (χ0n) is 13.2. The molecule has 0 radical (unpaired) electrons. The molecule has 0 bridgehead atoms. The molecule has 2 aliphatic rings. The summed E-state index contributed by atoms with van der Waals surface area (Å²) < 4.78 is 6.06. The molecule has 23 heavy (non-hydrogen) atoms. The van der Waals surface area contributed by atoms with Crippen LogP contribution >= 0.6 is 0 Å². The predicted molar refractivity (Wildman–Crippen MR) is 83.5 cm³/mol. The Labute approximate surface area is 135 Å². The van der Waals surface area contributed by atoms with Gasteiger partial charge in [-0.2, -0.15) is 0 Å². The Kier molecular flexibility index (Phi) is 4.61. The molecule has 1 aromatic rings. The first-order chi connectivity index (χ1) is 11.1. The van der Waals surface area contributed by atoms with Crippen LogP contribution in [-0.2, 0) is 4.74 Å². The number of amides is 1. The van der Waals surface area contributed by atoms with E-state index in [9.17, 15) is 9.59 Å². The summed E-state index contributed by atoms with van der Waals surface area (Å²) in [7, 11) is 0. The standard InChI is InChI=1S/C17H22N2O4/c20-15(14-11-13(16(21)22)5-8-18-14)19-9-10-23-17(12-19)6-3-1-2-4-7-17/h5,8,11H,1-4,6-7,9-10,12H2,(H,21,22).